The van der Waals surface area contributed by atoms with E-state index in [9.17, 15) is 0 Å². The average Bonchev–Trinajstić information content (AvgIpc) is 2.65. The van der Waals surface area contributed by atoms with Gasteiger partial charge < -0.3 is 10.1 Å². The first kappa shape index (κ1) is 15.9. The van der Waals surface area contributed by atoms with Gasteiger partial charge >= 0.3 is 0 Å². The van der Waals surface area contributed by atoms with Crippen molar-refractivity contribution in [3.05, 3.63) is 15.6 Å². The Hall–Kier alpha value is -0.490. The first-order chi connectivity index (χ1) is 9.79. The summed E-state index contributed by atoms with van der Waals surface area (Å²) in [4.78, 5) is 8.67. The van der Waals surface area contributed by atoms with Crippen molar-refractivity contribution in [2.75, 3.05) is 33.4 Å². The molecule has 1 fully saturated rings. The van der Waals surface area contributed by atoms with Gasteiger partial charge in [-0.1, -0.05) is 12.8 Å². The molecule has 1 saturated heterocycles. The van der Waals surface area contributed by atoms with Crippen LogP contribution in [0.2, 0.25) is 0 Å². The van der Waals surface area contributed by atoms with E-state index in [0.717, 1.165) is 26.2 Å². The van der Waals surface area contributed by atoms with Gasteiger partial charge in [0, 0.05) is 25.1 Å². The monoisotopic (exact) mass is 297 g/mol. The SMILES string of the molecule is COCCNCc1sc(CN2CCCCCC2)nc1C. The van der Waals surface area contributed by atoms with Crippen LogP contribution < -0.4 is 5.32 Å². The van der Waals surface area contributed by atoms with Crippen LogP contribution in [0.15, 0.2) is 0 Å². The third-order valence-electron chi connectivity index (χ3n) is 3.76. The Labute approximate surface area is 126 Å². The maximum Gasteiger partial charge on any atom is 0.107 e. The van der Waals surface area contributed by atoms with E-state index < -0.39 is 0 Å². The lowest BCUT2D eigenvalue weighted by atomic mass is 10.2. The van der Waals surface area contributed by atoms with Crippen molar-refractivity contribution >= 4 is 11.3 Å². The van der Waals surface area contributed by atoms with Crippen LogP contribution in [0.3, 0.4) is 0 Å². The van der Waals surface area contributed by atoms with Gasteiger partial charge in [0.05, 0.1) is 18.8 Å². The molecule has 0 aliphatic carbocycles. The summed E-state index contributed by atoms with van der Waals surface area (Å²) in [5, 5.41) is 4.67. The van der Waals surface area contributed by atoms with Crippen molar-refractivity contribution in [3.63, 3.8) is 0 Å². The third-order valence-corrected chi connectivity index (χ3v) is 4.91. The van der Waals surface area contributed by atoms with Crippen molar-refractivity contribution < 1.29 is 4.74 Å². The second kappa shape index (κ2) is 8.72. The van der Waals surface area contributed by atoms with Crippen molar-refractivity contribution in [2.45, 2.75) is 45.7 Å². The standard InChI is InChI=1S/C15H27N3OS/c1-13-14(11-16-7-10-19-2)20-15(17-13)12-18-8-5-3-4-6-9-18/h16H,3-12H2,1-2H3. The van der Waals surface area contributed by atoms with Crippen molar-refractivity contribution in [2.24, 2.45) is 0 Å². The first-order valence-electron chi connectivity index (χ1n) is 7.67. The Bertz CT molecular complexity index is 386. The zero-order valence-corrected chi connectivity index (χ0v) is 13.6. The van der Waals surface area contributed by atoms with Crippen LogP contribution in [-0.2, 0) is 17.8 Å². The fourth-order valence-electron chi connectivity index (χ4n) is 2.58. The van der Waals surface area contributed by atoms with Gasteiger partial charge in [-0.2, -0.15) is 0 Å². The van der Waals surface area contributed by atoms with Crippen molar-refractivity contribution in [1.82, 2.24) is 15.2 Å². The van der Waals surface area contributed by atoms with E-state index in [2.05, 4.69) is 17.1 Å². The molecule has 5 heteroatoms. The van der Waals surface area contributed by atoms with Crippen LogP contribution in [0.25, 0.3) is 0 Å². The number of hydrogen-bond acceptors (Lipinski definition) is 5. The van der Waals surface area contributed by atoms with Crippen LogP contribution >= 0.6 is 11.3 Å². The Morgan fingerprint density at radius 3 is 2.70 bits per heavy atom. The van der Waals surface area contributed by atoms with Crippen LogP contribution in [0.1, 0.15) is 41.3 Å². The number of hydrogen-bond donors (Lipinski definition) is 1. The lowest BCUT2D eigenvalue weighted by Gasteiger charge is -2.17. The lowest BCUT2D eigenvalue weighted by molar-refractivity contribution is 0.199. The molecular formula is C15H27N3OS. The third kappa shape index (κ3) is 5.13. The highest BCUT2D eigenvalue weighted by Crippen LogP contribution is 2.21. The number of nitrogens with zero attached hydrogens (tertiary/aromatic N) is 2. The summed E-state index contributed by atoms with van der Waals surface area (Å²) in [5.74, 6) is 0. The molecule has 114 valence electrons. The van der Waals surface area contributed by atoms with Gasteiger partial charge in [-0.15, -0.1) is 11.3 Å². The first-order valence-corrected chi connectivity index (χ1v) is 8.48. The van der Waals surface area contributed by atoms with Crippen LogP contribution in [0.4, 0.5) is 0 Å². The molecule has 0 amide bonds. The fourth-order valence-corrected chi connectivity index (χ4v) is 3.66. The summed E-state index contributed by atoms with van der Waals surface area (Å²) in [6.07, 6.45) is 5.47. The molecule has 1 aromatic heterocycles. The Morgan fingerprint density at radius 1 is 1.25 bits per heavy atom. The van der Waals surface area contributed by atoms with Gasteiger partial charge in [0.25, 0.3) is 0 Å². The highest BCUT2D eigenvalue weighted by atomic mass is 32.1. The van der Waals surface area contributed by atoms with Crippen LogP contribution in [0.5, 0.6) is 0 Å². The number of nitrogens with one attached hydrogen (secondary N) is 1. The molecule has 2 rings (SSSR count). The van der Waals surface area contributed by atoms with Gasteiger partial charge in [-0.3, -0.25) is 4.90 Å². The number of methoxy groups -OCH3 is 1. The fraction of sp³-hybridized carbons (Fsp3) is 0.800. The van der Waals surface area contributed by atoms with E-state index in [4.69, 9.17) is 9.72 Å². The summed E-state index contributed by atoms with van der Waals surface area (Å²) < 4.78 is 5.05. The molecule has 0 aromatic carbocycles. The van der Waals surface area contributed by atoms with E-state index in [1.54, 1.807) is 7.11 Å². The molecule has 0 saturated carbocycles. The Morgan fingerprint density at radius 2 is 2.00 bits per heavy atom. The summed E-state index contributed by atoms with van der Waals surface area (Å²) >= 11 is 1.86. The molecule has 4 nitrogen and oxygen atoms in total. The molecule has 1 aliphatic rings. The largest absolute Gasteiger partial charge is 0.383 e. The maximum atomic E-state index is 5.05. The molecule has 0 unspecified atom stereocenters. The molecule has 1 N–H and O–H groups in total. The molecule has 0 atom stereocenters. The predicted octanol–water partition coefficient (Wildman–Crippen LogP) is 2.56. The molecule has 1 aliphatic heterocycles. The molecule has 20 heavy (non-hydrogen) atoms. The number of aromatic nitrogens is 1. The normalized spacial score (nSPS) is 17.3. The van der Waals surface area contributed by atoms with E-state index in [1.165, 1.54) is 54.4 Å². The number of thiazole rings is 1. The minimum atomic E-state index is 0.762. The lowest BCUT2D eigenvalue weighted by Crippen LogP contribution is -2.23. The summed E-state index contributed by atoms with van der Waals surface area (Å²) in [5.41, 5.74) is 1.18. The Kier molecular flexibility index (Phi) is 6.93. The molecule has 0 bridgehead atoms. The van der Waals surface area contributed by atoms with E-state index >= 15 is 0 Å². The van der Waals surface area contributed by atoms with Gasteiger partial charge in [-0.25, -0.2) is 4.98 Å². The van der Waals surface area contributed by atoms with E-state index in [0.29, 0.717) is 0 Å². The zero-order valence-electron chi connectivity index (χ0n) is 12.8. The smallest absolute Gasteiger partial charge is 0.107 e. The summed E-state index contributed by atoms with van der Waals surface area (Å²) in [6.45, 7) is 8.19. The van der Waals surface area contributed by atoms with E-state index in [-0.39, 0.29) is 0 Å². The van der Waals surface area contributed by atoms with Gasteiger partial charge in [0.2, 0.25) is 0 Å². The quantitative estimate of drug-likeness (QED) is 0.785. The van der Waals surface area contributed by atoms with Gasteiger partial charge in [0.15, 0.2) is 0 Å². The van der Waals surface area contributed by atoms with E-state index in [1.807, 2.05) is 11.3 Å². The molecule has 1 aromatic rings. The number of rotatable bonds is 7. The van der Waals surface area contributed by atoms with Crippen LogP contribution in [-0.4, -0.2) is 43.2 Å². The molecule has 2 heterocycles. The zero-order chi connectivity index (χ0) is 14.2. The maximum absolute atomic E-state index is 5.05. The number of likely N-dealkylation sites (tertiary alicyclic amines) is 1. The minimum Gasteiger partial charge on any atom is -0.383 e. The van der Waals surface area contributed by atoms with Crippen molar-refractivity contribution in [1.29, 1.82) is 0 Å². The summed E-state index contributed by atoms with van der Waals surface area (Å²) in [7, 11) is 1.74. The topological polar surface area (TPSA) is 37.4 Å². The highest BCUT2D eigenvalue weighted by Gasteiger charge is 2.13. The number of ether oxygens (including phenoxy) is 1. The highest BCUT2D eigenvalue weighted by molar-refractivity contribution is 7.11. The van der Waals surface area contributed by atoms with Gasteiger partial charge in [-0.05, 0) is 32.9 Å². The number of aryl methyl sites for hydroxylation is 1. The van der Waals surface area contributed by atoms with Gasteiger partial charge in [0.1, 0.15) is 5.01 Å². The van der Waals surface area contributed by atoms with Crippen molar-refractivity contribution in [3.8, 4) is 0 Å². The second-order valence-corrected chi connectivity index (χ2v) is 6.64. The second-order valence-electron chi connectivity index (χ2n) is 5.48. The average molecular weight is 297 g/mol. The summed E-state index contributed by atoms with van der Waals surface area (Å²) in [6, 6.07) is 0. The molecule has 0 radical (unpaired) electrons. The minimum absolute atomic E-state index is 0.762. The molecule has 0 spiro atoms. The molecular weight excluding hydrogens is 270 g/mol. The predicted molar refractivity (Wildman–Crippen MR) is 84.2 cm³/mol. The Balaban J connectivity index is 1.82. The van der Waals surface area contributed by atoms with Crippen LogP contribution in [0, 0.1) is 6.92 Å².